The summed E-state index contributed by atoms with van der Waals surface area (Å²) in [6.07, 6.45) is -0.156. The second-order valence-electron chi connectivity index (χ2n) is 4.85. The molecule has 1 aliphatic heterocycles. The normalized spacial score (nSPS) is 21.4. The number of nitrogens with two attached hydrogens (primary N) is 1. The number of ether oxygens (including phenoxy) is 2. The Bertz CT molecular complexity index is 582. The zero-order chi connectivity index (χ0) is 13.2. The van der Waals surface area contributed by atoms with Gasteiger partial charge in [0.15, 0.2) is 6.10 Å². The van der Waals surface area contributed by atoms with Gasteiger partial charge in [-0.25, -0.2) is 0 Å². The molecular weight excluding hydrogens is 238 g/mol. The third-order valence-electron chi connectivity index (χ3n) is 3.36. The highest BCUT2D eigenvalue weighted by Crippen LogP contribution is 2.32. The Hall–Kier alpha value is -2.00. The zero-order valence-electron chi connectivity index (χ0n) is 10.9. The SMILES string of the molecule is Cc1cccc(OC2COc3ccccc3C2N)c1. The minimum absolute atomic E-state index is 0.156. The first kappa shape index (κ1) is 12.1. The van der Waals surface area contributed by atoms with E-state index in [4.69, 9.17) is 15.2 Å². The second-order valence-corrected chi connectivity index (χ2v) is 4.85. The summed E-state index contributed by atoms with van der Waals surface area (Å²) in [4.78, 5) is 0. The first-order valence-corrected chi connectivity index (χ1v) is 6.44. The van der Waals surface area contributed by atoms with Crippen LogP contribution in [0.4, 0.5) is 0 Å². The Morgan fingerprint density at radius 2 is 2.00 bits per heavy atom. The predicted molar refractivity (Wildman–Crippen MR) is 74.5 cm³/mol. The maximum Gasteiger partial charge on any atom is 0.152 e. The van der Waals surface area contributed by atoms with Gasteiger partial charge in [-0.05, 0) is 30.7 Å². The van der Waals surface area contributed by atoms with Gasteiger partial charge in [0.1, 0.15) is 18.1 Å². The van der Waals surface area contributed by atoms with E-state index in [1.54, 1.807) is 0 Å². The maximum absolute atomic E-state index is 6.27. The van der Waals surface area contributed by atoms with Crippen LogP contribution in [0.15, 0.2) is 48.5 Å². The summed E-state index contributed by atoms with van der Waals surface area (Å²) in [5.74, 6) is 1.70. The van der Waals surface area contributed by atoms with Crippen molar-refractivity contribution in [2.24, 2.45) is 5.73 Å². The fraction of sp³-hybridized carbons (Fsp3) is 0.250. The minimum atomic E-state index is -0.162. The monoisotopic (exact) mass is 255 g/mol. The van der Waals surface area contributed by atoms with Crippen LogP contribution in [0.5, 0.6) is 11.5 Å². The van der Waals surface area contributed by atoms with Crippen molar-refractivity contribution in [3.8, 4) is 11.5 Å². The molecule has 2 N–H and O–H groups in total. The minimum Gasteiger partial charge on any atom is -0.489 e. The van der Waals surface area contributed by atoms with E-state index in [2.05, 4.69) is 0 Å². The second kappa shape index (κ2) is 4.94. The number of fused-ring (bicyclic) bond motifs is 1. The molecule has 3 heteroatoms. The molecular formula is C16H17NO2. The summed E-state index contributed by atoms with van der Waals surface area (Å²) in [6, 6.07) is 15.7. The molecule has 19 heavy (non-hydrogen) atoms. The van der Waals surface area contributed by atoms with E-state index in [0.29, 0.717) is 6.61 Å². The molecule has 2 aromatic rings. The molecule has 0 spiro atoms. The molecule has 0 saturated heterocycles. The van der Waals surface area contributed by atoms with Crippen molar-refractivity contribution in [3.05, 3.63) is 59.7 Å². The summed E-state index contributed by atoms with van der Waals surface area (Å²) < 4.78 is 11.7. The molecule has 1 aliphatic rings. The fourth-order valence-electron chi connectivity index (χ4n) is 2.33. The maximum atomic E-state index is 6.27. The molecule has 0 bridgehead atoms. The molecule has 2 aromatic carbocycles. The average molecular weight is 255 g/mol. The van der Waals surface area contributed by atoms with Crippen molar-refractivity contribution in [3.63, 3.8) is 0 Å². The molecule has 0 saturated carbocycles. The van der Waals surface area contributed by atoms with Crippen molar-refractivity contribution in [2.45, 2.75) is 19.1 Å². The smallest absolute Gasteiger partial charge is 0.152 e. The quantitative estimate of drug-likeness (QED) is 0.897. The Morgan fingerprint density at radius 3 is 2.84 bits per heavy atom. The van der Waals surface area contributed by atoms with Crippen molar-refractivity contribution in [2.75, 3.05) is 6.61 Å². The largest absolute Gasteiger partial charge is 0.489 e. The van der Waals surface area contributed by atoms with E-state index in [1.807, 2.05) is 55.5 Å². The number of para-hydroxylation sites is 1. The van der Waals surface area contributed by atoms with Crippen molar-refractivity contribution in [1.82, 2.24) is 0 Å². The van der Waals surface area contributed by atoms with Gasteiger partial charge in [0.05, 0.1) is 6.04 Å². The van der Waals surface area contributed by atoms with Gasteiger partial charge in [-0.3, -0.25) is 0 Å². The van der Waals surface area contributed by atoms with Gasteiger partial charge in [-0.15, -0.1) is 0 Å². The third-order valence-corrected chi connectivity index (χ3v) is 3.36. The van der Waals surface area contributed by atoms with Crippen LogP contribution in [0.25, 0.3) is 0 Å². The van der Waals surface area contributed by atoms with Crippen LogP contribution in [-0.4, -0.2) is 12.7 Å². The van der Waals surface area contributed by atoms with Crippen LogP contribution in [0.1, 0.15) is 17.2 Å². The molecule has 0 aliphatic carbocycles. The van der Waals surface area contributed by atoms with E-state index in [0.717, 1.165) is 17.1 Å². The van der Waals surface area contributed by atoms with Crippen LogP contribution in [-0.2, 0) is 0 Å². The van der Waals surface area contributed by atoms with Crippen LogP contribution in [0.2, 0.25) is 0 Å². The number of hydrogen-bond acceptors (Lipinski definition) is 3. The lowest BCUT2D eigenvalue weighted by molar-refractivity contribution is 0.0877. The Morgan fingerprint density at radius 1 is 1.16 bits per heavy atom. The average Bonchev–Trinajstić information content (AvgIpc) is 2.42. The van der Waals surface area contributed by atoms with Gasteiger partial charge < -0.3 is 15.2 Å². The van der Waals surface area contributed by atoms with E-state index < -0.39 is 0 Å². The summed E-state index contributed by atoms with van der Waals surface area (Å²) >= 11 is 0. The summed E-state index contributed by atoms with van der Waals surface area (Å²) in [5.41, 5.74) is 8.45. The van der Waals surface area contributed by atoms with E-state index in [-0.39, 0.29) is 12.1 Å². The molecule has 2 atom stereocenters. The molecule has 2 unspecified atom stereocenters. The highest BCUT2D eigenvalue weighted by Gasteiger charge is 2.29. The van der Waals surface area contributed by atoms with Crippen molar-refractivity contribution < 1.29 is 9.47 Å². The topological polar surface area (TPSA) is 44.5 Å². The van der Waals surface area contributed by atoms with Crippen molar-refractivity contribution in [1.29, 1.82) is 0 Å². The molecule has 3 rings (SSSR count). The van der Waals surface area contributed by atoms with E-state index in [1.165, 1.54) is 5.56 Å². The fourth-order valence-corrected chi connectivity index (χ4v) is 2.33. The highest BCUT2D eigenvalue weighted by atomic mass is 16.5. The van der Waals surface area contributed by atoms with Crippen LogP contribution < -0.4 is 15.2 Å². The van der Waals surface area contributed by atoms with Crippen molar-refractivity contribution >= 4 is 0 Å². The first-order valence-electron chi connectivity index (χ1n) is 6.44. The van der Waals surface area contributed by atoms with E-state index >= 15 is 0 Å². The van der Waals surface area contributed by atoms with Gasteiger partial charge >= 0.3 is 0 Å². The lowest BCUT2D eigenvalue weighted by Crippen LogP contribution is -2.40. The molecule has 0 amide bonds. The number of aryl methyl sites for hydroxylation is 1. The lowest BCUT2D eigenvalue weighted by atomic mass is 9.99. The molecule has 0 aromatic heterocycles. The van der Waals surface area contributed by atoms with Gasteiger partial charge in [0.25, 0.3) is 0 Å². The Labute approximate surface area is 113 Å². The number of rotatable bonds is 2. The van der Waals surface area contributed by atoms with Gasteiger partial charge in [-0.1, -0.05) is 30.3 Å². The van der Waals surface area contributed by atoms with Crippen LogP contribution in [0.3, 0.4) is 0 Å². The Kier molecular flexibility index (Phi) is 3.13. The summed E-state index contributed by atoms with van der Waals surface area (Å²) in [5, 5.41) is 0. The van der Waals surface area contributed by atoms with Crippen LogP contribution in [0, 0.1) is 6.92 Å². The highest BCUT2D eigenvalue weighted by molar-refractivity contribution is 5.38. The number of hydrogen-bond donors (Lipinski definition) is 1. The predicted octanol–water partition coefficient (Wildman–Crippen LogP) is 2.83. The standard InChI is InChI=1S/C16H17NO2/c1-11-5-4-6-12(9-11)19-15-10-18-14-8-3-2-7-13(14)16(15)17/h2-9,15-16H,10,17H2,1H3. The molecule has 98 valence electrons. The zero-order valence-corrected chi connectivity index (χ0v) is 10.9. The number of benzene rings is 2. The Balaban J connectivity index is 1.81. The third kappa shape index (κ3) is 2.42. The molecule has 0 fully saturated rings. The van der Waals surface area contributed by atoms with Gasteiger partial charge in [0, 0.05) is 5.56 Å². The van der Waals surface area contributed by atoms with Gasteiger partial charge in [-0.2, -0.15) is 0 Å². The van der Waals surface area contributed by atoms with E-state index in [9.17, 15) is 0 Å². The van der Waals surface area contributed by atoms with Crippen LogP contribution >= 0.6 is 0 Å². The molecule has 1 heterocycles. The molecule has 3 nitrogen and oxygen atoms in total. The molecule has 0 radical (unpaired) electrons. The lowest BCUT2D eigenvalue weighted by Gasteiger charge is -2.31. The summed E-state index contributed by atoms with van der Waals surface area (Å²) in [7, 11) is 0. The summed E-state index contributed by atoms with van der Waals surface area (Å²) in [6.45, 7) is 2.52. The first-order chi connectivity index (χ1) is 9.24. The van der Waals surface area contributed by atoms with Gasteiger partial charge in [0.2, 0.25) is 0 Å².